The van der Waals surface area contributed by atoms with Gasteiger partial charge in [-0.2, -0.15) is 0 Å². The Kier molecular flexibility index (Phi) is 1.58. The maximum atomic E-state index is 10.4. The van der Waals surface area contributed by atoms with Gasteiger partial charge in [-0.15, -0.1) is 0 Å². The van der Waals surface area contributed by atoms with Gasteiger partial charge in [0.1, 0.15) is 0 Å². The molecule has 0 spiro atoms. The fourth-order valence-electron chi connectivity index (χ4n) is 4.17. The van der Waals surface area contributed by atoms with Crippen molar-refractivity contribution in [2.45, 2.75) is 50.2 Å². The number of aliphatic hydroxyl groups excluding tert-OH is 1. The summed E-state index contributed by atoms with van der Waals surface area (Å²) in [6.07, 6.45) is 6.30. The Balaban J connectivity index is 1.99. The third-order valence-corrected chi connectivity index (χ3v) is 4.78. The maximum absolute atomic E-state index is 10.4. The van der Waals surface area contributed by atoms with Crippen molar-refractivity contribution in [2.75, 3.05) is 0 Å². The van der Waals surface area contributed by atoms with Crippen molar-refractivity contribution in [3.8, 4) is 0 Å². The smallest absolute Gasteiger partial charge is 0.0938 e. The molecule has 5 atom stereocenters. The average molecular weight is 182 g/mol. The van der Waals surface area contributed by atoms with Gasteiger partial charge in [0, 0.05) is 0 Å². The van der Waals surface area contributed by atoms with Crippen LogP contribution in [0.2, 0.25) is 0 Å². The Bertz CT molecular complexity index is 226. The van der Waals surface area contributed by atoms with E-state index >= 15 is 0 Å². The van der Waals surface area contributed by atoms with Crippen molar-refractivity contribution in [1.82, 2.24) is 0 Å². The Morgan fingerprint density at radius 3 is 2.69 bits per heavy atom. The fraction of sp³-hybridized carbons (Fsp3) is 1.00. The molecule has 13 heavy (non-hydrogen) atoms. The zero-order valence-corrected chi connectivity index (χ0v) is 7.95. The second-order valence-electron chi connectivity index (χ2n) is 5.27. The molecular formula is C11H18O2. The van der Waals surface area contributed by atoms with Crippen LogP contribution in [-0.4, -0.2) is 21.9 Å². The summed E-state index contributed by atoms with van der Waals surface area (Å²) in [5, 5.41) is 20.4. The van der Waals surface area contributed by atoms with Gasteiger partial charge in [-0.25, -0.2) is 0 Å². The average Bonchev–Trinajstić information content (AvgIpc) is 2.14. The zero-order valence-electron chi connectivity index (χ0n) is 7.95. The summed E-state index contributed by atoms with van der Waals surface area (Å²) >= 11 is 0. The van der Waals surface area contributed by atoms with Crippen molar-refractivity contribution in [3.05, 3.63) is 0 Å². The lowest BCUT2D eigenvalue weighted by Crippen LogP contribution is -2.63. The maximum Gasteiger partial charge on any atom is 0.0938 e. The topological polar surface area (TPSA) is 40.5 Å². The summed E-state index contributed by atoms with van der Waals surface area (Å²) in [7, 11) is 0. The molecule has 2 heteroatoms. The second-order valence-corrected chi connectivity index (χ2v) is 5.27. The van der Waals surface area contributed by atoms with E-state index in [4.69, 9.17) is 0 Å². The Morgan fingerprint density at radius 2 is 1.92 bits per heavy atom. The Labute approximate surface area is 79.0 Å². The van der Waals surface area contributed by atoms with E-state index in [2.05, 4.69) is 0 Å². The Hall–Kier alpha value is -0.0800. The molecule has 74 valence electrons. The number of hydrogen-bond donors (Lipinski definition) is 2. The lowest BCUT2D eigenvalue weighted by Gasteiger charge is -2.58. The molecular weight excluding hydrogens is 164 g/mol. The van der Waals surface area contributed by atoms with Crippen molar-refractivity contribution >= 4 is 0 Å². The van der Waals surface area contributed by atoms with Crippen molar-refractivity contribution in [3.63, 3.8) is 0 Å². The van der Waals surface area contributed by atoms with E-state index in [0.717, 1.165) is 31.6 Å². The minimum absolute atomic E-state index is 0.403. The number of rotatable bonds is 0. The minimum atomic E-state index is -0.690. The van der Waals surface area contributed by atoms with Crippen LogP contribution in [0.15, 0.2) is 0 Å². The first-order valence-electron chi connectivity index (χ1n) is 5.62. The first-order valence-corrected chi connectivity index (χ1v) is 5.62. The summed E-state index contributed by atoms with van der Waals surface area (Å²) in [5.41, 5.74) is -0.690. The zero-order chi connectivity index (χ0) is 9.05. The lowest BCUT2D eigenvalue weighted by molar-refractivity contribution is -0.224. The van der Waals surface area contributed by atoms with Crippen molar-refractivity contribution in [2.24, 2.45) is 17.8 Å². The quantitative estimate of drug-likeness (QED) is 0.593. The molecule has 4 fully saturated rings. The van der Waals surface area contributed by atoms with Gasteiger partial charge in [-0.3, -0.25) is 0 Å². The van der Waals surface area contributed by atoms with Gasteiger partial charge in [0.15, 0.2) is 0 Å². The third-order valence-electron chi connectivity index (χ3n) is 4.78. The van der Waals surface area contributed by atoms with Gasteiger partial charge in [0.05, 0.1) is 11.7 Å². The third kappa shape index (κ3) is 0.909. The van der Waals surface area contributed by atoms with Crippen LogP contribution >= 0.6 is 0 Å². The molecule has 0 aromatic rings. The highest BCUT2D eigenvalue weighted by Gasteiger charge is 2.58. The molecule has 2 nitrogen and oxygen atoms in total. The summed E-state index contributed by atoms with van der Waals surface area (Å²) in [4.78, 5) is 0. The summed E-state index contributed by atoms with van der Waals surface area (Å²) in [5.74, 6) is 1.54. The monoisotopic (exact) mass is 182 g/mol. The van der Waals surface area contributed by atoms with Crippen LogP contribution in [0.25, 0.3) is 0 Å². The van der Waals surface area contributed by atoms with E-state index in [0.29, 0.717) is 11.8 Å². The highest BCUT2D eigenvalue weighted by Crippen LogP contribution is 2.56. The van der Waals surface area contributed by atoms with Gasteiger partial charge in [-0.05, 0) is 49.9 Å². The molecule has 0 aromatic carbocycles. The summed E-state index contributed by atoms with van der Waals surface area (Å²) in [6.45, 7) is 0. The molecule has 2 N–H and O–H groups in total. The largest absolute Gasteiger partial charge is 0.390 e. The molecule has 0 amide bonds. The van der Waals surface area contributed by atoms with E-state index in [-0.39, 0.29) is 0 Å². The summed E-state index contributed by atoms with van der Waals surface area (Å²) < 4.78 is 0. The first kappa shape index (κ1) is 8.25. The van der Waals surface area contributed by atoms with Gasteiger partial charge >= 0.3 is 0 Å². The van der Waals surface area contributed by atoms with Crippen LogP contribution in [-0.2, 0) is 0 Å². The molecule has 0 aromatic heterocycles. The number of hydrogen-bond acceptors (Lipinski definition) is 2. The van der Waals surface area contributed by atoms with E-state index in [1.165, 1.54) is 12.8 Å². The van der Waals surface area contributed by atoms with Gasteiger partial charge in [0.2, 0.25) is 0 Å². The predicted octanol–water partition coefficient (Wildman–Crippen LogP) is 1.31. The van der Waals surface area contributed by atoms with Crippen LogP contribution < -0.4 is 0 Å². The van der Waals surface area contributed by atoms with Crippen LogP contribution in [0.4, 0.5) is 0 Å². The molecule has 4 rings (SSSR count). The number of aliphatic hydroxyl groups is 2. The molecule has 4 bridgehead atoms. The van der Waals surface area contributed by atoms with Crippen LogP contribution in [0, 0.1) is 17.8 Å². The normalized spacial score (nSPS) is 59.5. The highest BCUT2D eigenvalue weighted by molar-refractivity contribution is 5.08. The van der Waals surface area contributed by atoms with E-state index in [9.17, 15) is 10.2 Å². The van der Waals surface area contributed by atoms with E-state index in [1.807, 2.05) is 0 Å². The molecule has 0 aliphatic heterocycles. The van der Waals surface area contributed by atoms with E-state index in [1.54, 1.807) is 0 Å². The predicted molar refractivity (Wildman–Crippen MR) is 49.1 cm³/mol. The molecule has 4 saturated carbocycles. The van der Waals surface area contributed by atoms with Crippen molar-refractivity contribution < 1.29 is 10.2 Å². The molecule has 0 saturated heterocycles. The summed E-state index contributed by atoms with van der Waals surface area (Å²) in [6, 6.07) is 0. The van der Waals surface area contributed by atoms with Crippen LogP contribution in [0.3, 0.4) is 0 Å². The lowest BCUT2D eigenvalue weighted by atomic mass is 9.51. The molecule has 4 aliphatic rings. The van der Waals surface area contributed by atoms with Crippen LogP contribution in [0.1, 0.15) is 38.5 Å². The molecule has 0 heterocycles. The Morgan fingerprint density at radius 1 is 1.08 bits per heavy atom. The fourth-order valence-corrected chi connectivity index (χ4v) is 4.17. The van der Waals surface area contributed by atoms with Crippen molar-refractivity contribution in [1.29, 1.82) is 0 Å². The molecule has 0 radical (unpaired) electrons. The number of fused-ring (bicyclic) bond motifs is 1. The highest BCUT2D eigenvalue weighted by atomic mass is 16.3. The van der Waals surface area contributed by atoms with Crippen LogP contribution in [0.5, 0.6) is 0 Å². The SMILES string of the molecule is O[C@@H]1[C@@H]2CC[C@H]3[C@H](CCC[C@@]13O)C2. The van der Waals surface area contributed by atoms with E-state index < -0.39 is 11.7 Å². The molecule has 4 aliphatic carbocycles. The standard InChI is InChI=1S/C11H18O2/c12-10-8-3-4-9-7(6-8)2-1-5-11(9,10)13/h7-10,12-13H,1-6H2/t7-,8-,9+,10-,11+/m1/s1. The van der Waals surface area contributed by atoms with Gasteiger partial charge in [0.25, 0.3) is 0 Å². The first-order chi connectivity index (χ1) is 6.22. The van der Waals surface area contributed by atoms with Gasteiger partial charge in [-0.1, -0.05) is 6.42 Å². The molecule has 0 unspecified atom stereocenters. The second kappa shape index (κ2) is 2.48. The van der Waals surface area contributed by atoms with Gasteiger partial charge < -0.3 is 10.2 Å². The minimum Gasteiger partial charge on any atom is -0.390 e.